The fourth-order valence-corrected chi connectivity index (χ4v) is 2.11. The van der Waals surface area contributed by atoms with E-state index in [0.717, 1.165) is 24.4 Å². The standard InChI is InChI=1S/C11H18N2OS/c1-2-13(7-4-6-12)11(14)9-10-5-3-8-15-10/h3,5,8H,2,4,6-7,9,12H2,1H3. The maximum Gasteiger partial charge on any atom is 0.227 e. The van der Waals surface area contributed by atoms with Crippen LogP contribution in [0.25, 0.3) is 0 Å². The van der Waals surface area contributed by atoms with Gasteiger partial charge in [0.2, 0.25) is 5.91 Å². The normalized spacial score (nSPS) is 10.3. The van der Waals surface area contributed by atoms with Crippen LogP contribution in [-0.2, 0) is 11.2 Å². The first kappa shape index (κ1) is 12.2. The van der Waals surface area contributed by atoms with Gasteiger partial charge in [0, 0.05) is 18.0 Å². The molecule has 0 aliphatic heterocycles. The molecule has 4 heteroatoms. The van der Waals surface area contributed by atoms with Gasteiger partial charge < -0.3 is 10.6 Å². The second kappa shape index (κ2) is 6.58. The summed E-state index contributed by atoms with van der Waals surface area (Å²) >= 11 is 1.63. The molecule has 15 heavy (non-hydrogen) atoms. The minimum absolute atomic E-state index is 0.202. The lowest BCUT2D eigenvalue weighted by Gasteiger charge is -2.20. The van der Waals surface area contributed by atoms with Crippen LogP contribution in [0.15, 0.2) is 17.5 Å². The summed E-state index contributed by atoms with van der Waals surface area (Å²) in [5.74, 6) is 0.202. The quantitative estimate of drug-likeness (QED) is 0.799. The van der Waals surface area contributed by atoms with E-state index >= 15 is 0 Å². The third-order valence-electron chi connectivity index (χ3n) is 2.27. The molecule has 0 bridgehead atoms. The number of likely N-dealkylation sites (N-methyl/N-ethyl adjacent to an activating group) is 1. The molecule has 0 aliphatic rings. The van der Waals surface area contributed by atoms with Crippen LogP contribution < -0.4 is 5.73 Å². The second-order valence-corrected chi connectivity index (χ2v) is 4.40. The van der Waals surface area contributed by atoms with Gasteiger partial charge in [-0.3, -0.25) is 4.79 Å². The Balaban J connectivity index is 2.43. The van der Waals surface area contributed by atoms with Gasteiger partial charge in [0.05, 0.1) is 6.42 Å². The van der Waals surface area contributed by atoms with Crippen molar-refractivity contribution in [1.82, 2.24) is 4.90 Å². The van der Waals surface area contributed by atoms with Crippen LogP contribution in [0, 0.1) is 0 Å². The van der Waals surface area contributed by atoms with Crippen molar-refractivity contribution in [2.45, 2.75) is 19.8 Å². The first-order valence-corrected chi connectivity index (χ1v) is 6.16. The number of amides is 1. The molecule has 2 N–H and O–H groups in total. The van der Waals surface area contributed by atoms with Crippen molar-refractivity contribution in [2.24, 2.45) is 5.73 Å². The minimum atomic E-state index is 0.202. The molecule has 0 aromatic carbocycles. The average molecular weight is 226 g/mol. The van der Waals surface area contributed by atoms with Crippen molar-refractivity contribution >= 4 is 17.2 Å². The molecule has 0 aliphatic carbocycles. The number of hydrogen-bond donors (Lipinski definition) is 1. The predicted molar refractivity (Wildman–Crippen MR) is 63.9 cm³/mol. The largest absolute Gasteiger partial charge is 0.343 e. The smallest absolute Gasteiger partial charge is 0.227 e. The van der Waals surface area contributed by atoms with Gasteiger partial charge in [0.1, 0.15) is 0 Å². The van der Waals surface area contributed by atoms with Crippen LogP contribution in [0.4, 0.5) is 0 Å². The van der Waals surface area contributed by atoms with E-state index in [0.29, 0.717) is 13.0 Å². The molecule has 3 nitrogen and oxygen atoms in total. The number of carbonyl (C=O) groups is 1. The molecule has 0 saturated heterocycles. The highest BCUT2D eigenvalue weighted by atomic mass is 32.1. The van der Waals surface area contributed by atoms with Gasteiger partial charge in [-0.2, -0.15) is 0 Å². The van der Waals surface area contributed by atoms with E-state index in [2.05, 4.69) is 0 Å². The van der Waals surface area contributed by atoms with Crippen LogP contribution >= 0.6 is 11.3 Å². The summed E-state index contributed by atoms with van der Waals surface area (Å²) in [4.78, 5) is 14.8. The molecular formula is C11H18N2OS. The van der Waals surface area contributed by atoms with Crippen molar-refractivity contribution in [3.05, 3.63) is 22.4 Å². The summed E-state index contributed by atoms with van der Waals surface area (Å²) in [6.45, 7) is 4.19. The molecule has 84 valence electrons. The monoisotopic (exact) mass is 226 g/mol. The number of thiophene rings is 1. The number of nitrogens with zero attached hydrogens (tertiary/aromatic N) is 1. The molecule has 0 unspecified atom stereocenters. The number of carbonyl (C=O) groups excluding carboxylic acids is 1. The fraction of sp³-hybridized carbons (Fsp3) is 0.545. The maximum absolute atomic E-state index is 11.8. The Labute approximate surface area is 94.9 Å². The van der Waals surface area contributed by atoms with Crippen molar-refractivity contribution in [3.63, 3.8) is 0 Å². The van der Waals surface area contributed by atoms with E-state index in [1.54, 1.807) is 11.3 Å². The predicted octanol–water partition coefficient (Wildman–Crippen LogP) is 1.49. The van der Waals surface area contributed by atoms with Crippen molar-refractivity contribution in [1.29, 1.82) is 0 Å². The molecule has 1 heterocycles. The lowest BCUT2D eigenvalue weighted by Crippen LogP contribution is -2.33. The third kappa shape index (κ3) is 4.01. The van der Waals surface area contributed by atoms with Gasteiger partial charge >= 0.3 is 0 Å². The molecule has 1 aromatic rings. The Kier molecular flexibility index (Phi) is 5.36. The number of hydrogen-bond acceptors (Lipinski definition) is 3. The molecule has 1 amide bonds. The molecule has 0 fully saturated rings. The van der Waals surface area contributed by atoms with Gasteiger partial charge in [-0.05, 0) is 31.3 Å². The van der Waals surface area contributed by atoms with E-state index in [1.165, 1.54) is 0 Å². The molecule has 0 atom stereocenters. The molecule has 0 spiro atoms. The zero-order valence-corrected chi connectivity index (χ0v) is 9.93. The van der Waals surface area contributed by atoms with E-state index in [4.69, 9.17) is 5.73 Å². The van der Waals surface area contributed by atoms with Crippen molar-refractivity contribution < 1.29 is 4.79 Å². The van der Waals surface area contributed by atoms with Gasteiger partial charge in [0.15, 0.2) is 0 Å². The summed E-state index contributed by atoms with van der Waals surface area (Å²) in [5, 5.41) is 2.00. The fourth-order valence-electron chi connectivity index (χ4n) is 1.42. The highest BCUT2D eigenvalue weighted by molar-refractivity contribution is 7.10. The van der Waals surface area contributed by atoms with Crippen LogP contribution in [0.2, 0.25) is 0 Å². The summed E-state index contributed by atoms with van der Waals surface area (Å²) in [6.07, 6.45) is 1.40. The Morgan fingerprint density at radius 1 is 1.60 bits per heavy atom. The number of rotatable bonds is 6. The van der Waals surface area contributed by atoms with Gasteiger partial charge in [-0.25, -0.2) is 0 Å². The highest BCUT2D eigenvalue weighted by Gasteiger charge is 2.11. The SMILES string of the molecule is CCN(CCCN)C(=O)Cc1cccs1. The molecule has 1 aromatic heterocycles. The zero-order chi connectivity index (χ0) is 11.1. The number of nitrogens with two attached hydrogens (primary N) is 1. The summed E-state index contributed by atoms with van der Waals surface area (Å²) in [5.41, 5.74) is 5.43. The van der Waals surface area contributed by atoms with E-state index in [-0.39, 0.29) is 5.91 Å². The van der Waals surface area contributed by atoms with Crippen molar-refractivity contribution in [2.75, 3.05) is 19.6 Å². The zero-order valence-electron chi connectivity index (χ0n) is 9.11. The van der Waals surface area contributed by atoms with E-state index in [9.17, 15) is 4.79 Å². The Morgan fingerprint density at radius 2 is 2.40 bits per heavy atom. The first-order chi connectivity index (χ1) is 7.27. The first-order valence-electron chi connectivity index (χ1n) is 5.28. The molecule has 0 radical (unpaired) electrons. The van der Waals surface area contributed by atoms with Gasteiger partial charge in [-0.15, -0.1) is 11.3 Å². The lowest BCUT2D eigenvalue weighted by atomic mass is 10.3. The second-order valence-electron chi connectivity index (χ2n) is 3.37. The van der Waals surface area contributed by atoms with E-state index in [1.807, 2.05) is 29.3 Å². The van der Waals surface area contributed by atoms with Crippen LogP contribution in [-0.4, -0.2) is 30.4 Å². The maximum atomic E-state index is 11.8. The minimum Gasteiger partial charge on any atom is -0.343 e. The Morgan fingerprint density at radius 3 is 2.93 bits per heavy atom. The summed E-state index contributed by atoms with van der Waals surface area (Å²) < 4.78 is 0. The van der Waals surface area contributed by atoms with Crippen molar-refractivity contribution in [3.8, 4) is 0 Å². The van der Waals surface area contributed by atoms with Crippen LogP contribution in [0.3, 0.4) is 0 Å². The topological polar surface area (TPSA) is 46.3 Å². The van der Waals surface area contributed by atoms with E-state index < -0.39 is 0 Å². The molecular weight excluding hydrogens is 208 g/mol. The van der Waals surface area contributed by atoms with Gasteiger partial charge in [0.25, 0.3) is 0 Å². The summed E-state index contributed by atoms with van der Waals surface area (Å²) in [6, 6.07) is 3.97. The molecule has 0 saturated carbocycles. The average Bonchev–Trinajstić information content (AvgIpc) is 2.71. The van der Waals surface area contributed by atoms with Crippen LogP contribution in [0.1, 0.15) is 18.2 Å². The molecule has 1 rings (SSSR count). The summed E-state index contributed by atoms with van der Waals surface area (Å²) in [7, 11) is 0. The Bertz CT molecular complexity index is 285. The van der Waals surface area contributed by atoms with Crippen LogP contribution in [0.5, 0.6) is 0 Å². The highest BCUT2D eigenvalue weighted by Crippen LogP contribution is 2.10. The Hall–Kier alpha value is -0.870. The third-order valence-corrected chi connectivity index (χ3v) is 3.15. The van der Waals surface area contributed by atoms with Gasteiger partial charge in [-0.1, -0.05) is 6.07 Å². The lowest BCUT2D eigenvalue weighted by molar-refractivity contribution is -0.130.